The molecule has 0 heterocycles. The van der Waals surface area contributed by atoms with Crippen molar-refractivity contribution in [3.05, 3.63) is 30.7 Å². The zero-order valence-electron chi connectivity index (χ0n) is 8.79. The molecule has 0 aliphatic rings. The summed E-state index contributed by atoms with van der Waals surface area (Å²) in [5.74, 6) is -0.383. The van der Waals surface area contributed by atoms with Crippen molar-refractivity contribution in [1.29, 1.82) is 0 Å². The summed E-state index contributed by atoms with van der Waals surface area (Å²) < 4.78 is 31.0. The van der Waals surface area contributed by atoms with E-state index in [2.05, 4.69) is 31.9 Å². The van der Waals surface area contributed by atoms with Crippen LogP contribution in [0.4, 0.5) is 5.69 Å². The van der Waals surface area contributed by atoms with E-state index in [9.17, 15) is 23.6 Å². The van der Waals surface area contributed by atoms with Gasteiger partial charge >= 0.3 is 0 Å². The molecule has 1 aromatic carbocycles. The maximum Gasteiger partial charge on any atom is 0.276 e. The molecule has 0 radical (unpaired) electrons. The van der Waals surface area contributed by atoms with Gasteiger partial charge in [0, 0.05) is 6.07 Å². The summed E-state index contributed by atoms with van der Waals surface area (Å²) in [6, 6.07) is 0.969. The maximum atomic E-state index is 11.1. The van der Waals surface area contributed by atoms with E-state index < -0.39 is 26.0 Å². The molecular weight excluding hydrogens is 398 g/mol. The van der Waals surface area contributed by atoms with Gasteiger partial charge in [-0.25, -0.2) is 0 Å². The minimum atomic E-state index is -4.52. The highest BCUT2D eigenvalue weighted by atomic mass is 79.9. The highest BCUT2D eigenvalue weighted by molar-refractivity contribution is 9.11. The van der Waals surface area contributed by atoms with Gasteiger partial charge < -0.3 is 5.11 Å². The molecule has 7 nitrogen and oxygen atoms in total. The molecule has 1 atom stereocenters. The van der Waals surface area contributed by atoms with Gasteiger partial charge in [-0.05, 0) is 38.8 Å². The fraction of sp³-hybridized carbons (Fsp3) is 0.250. The summed E-state index contributed by atoms with van der Waals surface area (Å²) >= 11 is 5.79. The Bertz CT molecular complexity index is 615. The first-order valence-corrected chi connectivity index (χ1v) is 7.47. The third kappa shape index (κ3) is 2.82. The Morgan fingerprint density at radius 3 is 2.33 bits per heavy atom. The summed E-state index contributed by atoms with van der Waals surface area (Å²) in [6.07, 6.45) is 0. The molecule has 1 unspecified atom stereocenters. The summed E-state index contributed by atoms with van der Waals surface area (Å²) in [5.41, 5.74) is -0.847. The number of hydrogen-bond acceptors (Lipinski definition) is 5. The van der Waals surface area contributed by atoms with E-state index >= 15 is 0 Å². The average molecular weight is 405 g/mol. The lowest BCUT2D eigenvalue weighted by Crippen LogP contribution is -2.11. The van der Waals surface area contributed by atoms with E-state index in [0.717, 1.165) is 13.0 Å². The molecule has 2 N–H and O–H groups in total. The molecule has 0 aliphatic heterocycles. The Hall–Kier alpha value is -0.710. The summed E-state index contributed by atoms with van der Waals surface area (Å²) in [5, 5.41) is 18.9. The SMILES string of the molecule is CC(c1c([N+](=O)[O-])cc(Br)c(O)c1Br)S(=O)(=O)O. The highest BCUT2D eigenvalue weighted by Crippen LogP contribution is 2.44. The van der Waals surface area contributed by atoms with E-state index in [1.54, 1.807) is 0 Å². The van der Waals surface area contributed by atoms with E-state index in [1.165, 1.54) is 0 Å². The van der Waals surface area contributed by atoms with Crippen molar-refractivity contribution < 1.29 is 23.0 Å². The monoisotopic (exact) mass is 403 g/mol. The van der Waals surface area contributed by atoms with Crippen molar-refractivity contribution in [2.45, 2.75) is 12.2 Å². The third-order valence-electron chi connectivity index (χ3n) is 2.26. The number of nitrogens with zero attached hydrogens (tertiary/aromatic N) is 1. The van der Waals surface area contributed by atoms with Crippen molar-refractivity contribution >= 4 is 47.7 Å². The molecule has 100 valence electrons. The number of hydrogen-bond donors (Lipinski definition) is 2. The number of phenolic OH excluding ortho intramolecular Hbond substituents is 1. The Labute approximate surface area is 119 Å². The summed E-state index contributed by atoms with van der Waals surface area (Å²) in [4.78, 5) is 10.1. The van der Waals surface area contributed by atoms with Crippen molar-refractivity contribution in [1.82, 2.24) is 0 Å². The van der Waals surface area contributed by atoms with Crippen LogP contribution < -0.4 is 0 Å². The van der Waals surface area contributed by atoms with E-state index in [0.29, 0.717) is 0 Å². The molecule has 1 rings (SSSR count). The lowest BCUT2D eigenvalue weighted by atomic mass is 10.1. The minimum absolute atomic E-state index is 0.0346. The molecule has 0 aliphatic carbocycles. The van der Waals surface area contributed by atoms with Crippen LogP contribution in [0.25, 0.3) is 0 Å². The molecule has 0 bridgehead atoms. The molecule has 1 aromatic rings. The first-order valence-electron chi connectivity index (χ1n) is 4.39. The van der Waals surface area contributed by atoms with Crippen molar-refractivity contribution in [3.8, 4) is 5.75 Å². The molecular formula is C8H7Br2NO6S. The molecule has 0 spiro atoms. The first-order chi connectivity index (χ1) is 8.07. The quantitative estimate of drug-likeness (QED) is 0.454. The topological polar surface area (TPSA) is 118 Å². The van der Waals surface area contributed by atoms with Crippen LogP contribution in [0.1, 0.15) is 17.7 Å². The van der Waals surface area contributed by atoms with Gasteiger partial charge in [0.05, 0.1) is 19.4 Å². The normalized spacial score (nSPS) is 13.3. The summed E-state index contributed by atoms with van der Waals surface area (Å²) in [6.45, 7) is 1.08. The standard InChI is InChI=1S/C8H7Br2NO6S/c1-3(18(15,16)17)6-5(11(13)14)2-4(9)8(12)7(6)10/h2-3,12H,1H3,(H,15,16,17). The van der Waals surface area contributed by atoms with Crippen LogP contribution >= 0.6 is 31.9 Å². The Balaban J connectivity index is 3.71. The zero-order chi connectivity index (χ0) is 14.2. The second-order valence-corrected chi connectivity index (χ2v) is 6.75. The number of halogens is 2. The van der Waals surface area contributed by atoms with Gasteiger partial charge in [0.2, 0.25) is 0 Å². The highest BCUT2D eigenvalue weighted by Gasteiger charge is 2.32. The van der Waals surface area contributed by atoms with E-state index in [1.807, 2.05) is 0 Å². The number of nitro benzene ring substituents is 1. The Morgan fingerprint density at radius 2 is 1.94 bits per heavy atom. The molecule has 10 heteroatoms. The second-order valence-electron chi connectivity index (χ2n) is 3.37. The average Bonchev–Trinajstić information content (AvgIpc) is 2.23. The molecule has 0 fully saturated rings. The van der Waals surface area contributed by atoms with Gasteiger partial charge in [-0.15, -0.1) is 0 Å². The number of nitro groups is 1. The van der Waals surface area contributed by atoms with E-state index in [-0.39, 0.29) is 20.3 Å². The fourth-order valence-corrected chi connectivity index (χ4v) is 3.43. The number of phenols is 1. The Morgan fingerprint density at radius 1 is 1.44 bits per heavy atom. The van der Waals surface area contributed by atoms with Crippen molar-refractivity contribution in [2.75, 3.05) is 0 Å². The summed E-state index contributed by atoms with van der Waals surface area (Å²) in [7, 11) is -4.52. The van der Waals surface area contributed by atoms with Gasteiger partial charge in [-0.3, -0.25) is 14.7 Å². The van der Waals surface area contributed by atoms with Crippen LogP contribution in [0.5, 0.6) is 5.75 Å². The van der Waals surface area contributed by atoms with Crippen LogP contribution in [0.2, 0.25) is 0 Å². The van der Waals surface area contributed by atoms with Crippen LogP contribution in [-0.4, -0.2) is 23.0 Å². The number of benzene rings is 1. The fourth-order valence-electron chi connectivity index (χ4n) is 1.30. The van der Waals surface area contributed by atoms with Crippen LogP contribution in [0.3, 0.4) is 0 Å². The largest absolute Gasteiger partial charge is 0.506 e. The smallest absolute Gasteiger partial charge is 0.276 e. The van der Waals surface area contributed by atoms with Gasteiger partial charge in [0.1, 0.15) is 11.0 Å². The van der Waals surface area contributed by atoms with Gasteiger partial charge in [-0.2, -0.15) is 8.42 Å². The molecule has 0 saturated heterocycles. The van der Waals surface area contributed by atoms with Gasteiger partial charge in [0.25, 0.3) is 15.8 Å². The second kappa shape index (κ2) is 5.11. The molecule has 0 amide bonds. The predicted octanol–water partition coefficient (Wildman–Crippen LogP) is 2.77. The first kappa shape index (κ1) is 15.3. The zero-order valence-corrected chi connectivity index (χ0v) is 12.8. The predicted molar refractivity (Wildman–Crippen MR) is 70.1 cm³/mol. The lowest BCUT2D eigenvalue weighted by Gasteiger charge is -2.13. The minimum Gasteiger partial charge on any atom is -0.506 e. The molecule has 0 saturated carbocycles. The van der Waals surface area contributed by atoms with Crippen LogP contribution in [0.15, 0.2) is 15.0 Å². The number of aromatic hydroxyl groups is 1. The van der Waals surface area contributed by atoms with Crippen molar-refractivity contribution in [2.24, 2.45) is 0 Å². The van der Waals surface area contributed by atoms with Gasteiger partial charge in [0.15, 0.2) is 0 Å². The van der Waals surface area contributed by atoms with Crippen LogP contribution in [0, 0.1) is 10.1 Å². The van der Waals surface area contributed by atoms with E-state index in [4.69, 9.17) is 4.55 Å². The number of rotatable bonds is 3. The lowest BCUT2D eigenvalue weighted by molar-refractivity contribution is -0.385. The maximum absolute atomic E-state index is 11.1. The van der Waals surface area contributed by atoms with Gasteiger partial charge in [-0.1, -0.05) is 0 Å². The molecule has 18 heavy (non-hydrogen) atoms. The Kier molecular flexibility index (Phi) is 4.36. The van der Waals surface area contributed by atoms with Crippen LogP contribution in [-0.2, 0) is 10.1 Å². The van der Waals surface area contributed by atoms with Crippen molar-refractivity contribution in [3.63, 3.8) is 0 Å². The third-order valence-corrected chi connectivity index (χ3v) is 4.80. The molecule has 0 aromatic heterocycles.